The van der Waals surface area contributed by atoms with E-state index in [9.17, 15) is 9.90 Å². The molecule has 0 aliphatic carbocycles. The predicted octanol–water partition coefficient (Wildman–Crippen LogP) is 0.909. The maximum absolute atomic E-state index is 11.2. The van der Waals surface area contributed by atoms with Gasteiger partial charge in [0.05, 0.1) is 5.56 Å². The molecule has 4 nitrogen and oxygen atoms in total. The largest absolute Gasteiger partial charge is 0.428 e. The molecule has 0 bridgehead atoms. The summed E-state index contributed by atoms with van der Waals surface area (Å²) in [6.45, 7) is 0.772. The lowest BCUT2D eigenvalue weighted by molar-refractivity contribution is -0.0548. The molecule has 80 valence electrons. The lowest BCUT2D eigenvalue weighted by Crippen LogP contribution is -2.11. The van der Waals surface area contributed by atoms with Gasteiger partial charge in [-0.15, -0.1) is 0 Å². The molecule has 0 spiro atoms. The lowest BCUT2D eigenvalue weighted by Gasteiger charge is -2.10. The summed E-state index contributed by atoms with van der Waals surface area (Å²) in [6, 6.07) is 5.38. The number of hydrogen-bond acceptors (Lipinski definition) is 4. The smallest absolute Gasteiger partial charge is 0.341 e. The van der Waals surface area contributed by atoms with Gasteiger partial charge in [0.2, 0.25) is 6.29 Å². The van der Waals surface area contributed by atoms with Crippen molar-refractivity contribution in [1.82, 2.24) is 4.90 Å². The number of benzene rings is 1. The molecule has 1 N–H and O–H groups in total. The van der Waals surface area contributed by atoms with E-state index in [1.54, 1.807) is 6.07 Å². The molecule has 1 unspecified atom stereocenters. The minimum atomic E-state index is -1.10. The van der Waals surface area contributed by atoms with E-state index in [2.05, 4.69) is 0 Å². The summed E-state index contributed by atoms with van der Waals surface area (Å²) in [5, 5.41) is 9.45. The Kier molecular flexibility index (Phi) is 2.46. The van der Waals surface area contributed by atoms with Crippen LogP contribution < -0.4 is 0 Å². The van der Waals surface area contributed by atoms with Crippen molar-refractivity contribution in [2.45, 2.75) is 12.8 Å². The van der Waals surface area contributed by atoms with E-state index < -0.39 is 12.3 Å². The van der Waals surface area contributed by atoms with Crippen LogP contribution in [-0.4, -0.2) is 30.1 Å². The van der Waals surface area contributed by atoms with Crippen LogP contribution in [0.4, 0.5) is 0 Å². The van der Waals surface area contributed by atoms with Gasteiger partial charge in [-0.25, -0.2) is 4.79 Å². The van der Waals surface area contributed by atoms with Gasteiger partial charge in [-0.2, -0.15) is 0 Å². The molecule has 1 aromatic carbocycles. The van der Waals surface area contributed by atoms with Crippen molar-refractivity contribution in [3.8, 4) is 0 Å². The number of aliphatic hydroxyl groups is 1. The average Bonchev–Trinajstić information content (AvgIpc) is 2.41. The normalized spacial score (nSPS) is 19.2. The van der Waals surface area contributed by atoms with Gasteiger partial charge in [-0.3, -0.25) is 0 Å². The van der Waals surface area contributed by atoms with E-state index in [4.69, 9.17) is 4.74 Å². The number of ether oxygens (including phenoxy) is 1. The zero-order valence-electron chi connectivity index (χ0n) is 8.73. The molecular formula is C11H13NO3. The van der Waals surface area contributed by atoms with E-state index >= 15 is 0 Å². The molecule has 1 atom stereocenters. The number of hydrogen-bond donors (Lipinski definition) is 1. The summed E-state index contributed by atoms with van der Waals surface area (Å²) < 4.78 is 4.69. The highest BCUT2D eigenvalue weighted by atomic mass is 16.6. The molecule has 0 fully saturated rings. The molecular weight excluding hydrogens is 194 g/mol. The van der Waals surface area contributed by atoms with Crippen LogP contribution >= 0.6 is 0 Å². The van der Waals surface area contributed by atoms with Gasteiger partial charge < -0.3 is 14.7 Å². The molecule has 1 aromatic rings. The summed E-state index contributed by atoms with van der Waals surface area (Å²) >= 11 is 0. The Hall–Kier alpha value is -1.39. The molecule has 4 heteroatoms. The average molecular weight is 207 g/mol. The van der Waals surface area contributed by atoms with Crippen molar-refractivity contribution in [2.75, 3.05) is 14.1 Å². The Balaban J connectivity index is 2.34. The third kappa shape index (κ3) is 1.86. The van der Waals surface area contributed by atoms with E-state index in [1.807, 2.05) is 31.1 Å². The van der Waals surface area contributed by atoms with Crippen molar-refractivity contribution in [1.29, 1.82) is 0 Å². The first-order chi connectivity index (χ1) is 7.08. The van der Waals surface area contributed by atoms with Crippen LogP contribution in [0.5, 0.6) is 0 Å². The van der Waals surface area contributed by atoms with Crippen LogP contribution in [0.15, 0.2) is 18.2 Å². The first-order valence-electron chi connectivity index (χ1n) is 4.74. The van der Waals surface area contributed by atoms with Crippen LogP contribution in [0.3, 0.4) is 0 Å². The fourth-order valence-corrected chi connectivity index (χ4v) is 1.69. The van der Waals surface area contributed by atoms with Gasteiger partial charge in [-0.1, -0.05) is 6.07 Å². The summed E-state index contributed by atoms with van der Waals surface area (Å²) in [6.07, 6.45) is -1.10. The number of fused-ring (bicyclic) bond motifs is 1. The number of nitrogens with zero attached hydrogens (tertiary/aromatic N) is 1. The van der Waals surface area contributed by atoms with Crippen LogP contribution in [0, 0.1) is 0 Å². The molecule has 0 saturated carbocycles. The Morgan fingerprint density at radius 3 is 2.87 bits per heavy atom. The maximum atomic E-state index is 11.2. The maximum Gasteiger partial charge on any atom is 0.341 e. The number of rotatable bonds is 2. The van der Waals surface area contributed by atoms with Gasteiger partial charge in [-0.05, 0) is 31.8 Å². The lowest BCUT2D eigenvalue weighted by atomic mass is 10.1. The molecule has 0 radical (unpaired) electrons. The topological polar surface area (TPSA) is 49.8 Å². The quantitative estimate of drug-likeness (QED) is 0.732. The van der Waals surface area contributed by atoms with Gasteiger partial charge in [0.25, 0.3) is 0 Å². The van der Waals surface area contributed by atoms with E-state index in [0.29, 0.717) is 11.1 Å². The summed E-state index contributed by atoms with van der Waals surface area (Å²) in [5.41, 5.74) is 2.08. The Morgan fingerprint density at radius 1 is 1.47 bits per heavy atom. The zero-order chi connectivity index (χ0) is 11.0. The van der Waals surface area contributed by atoms with Crippen LogP contribution in [-0.2, 0) is 11.3 Å². The van der Waals surface area contributed by atoms with Crippen molar-refractivity contribution in [3.05, 3.63) is 34.9 Å². The number of carbonyl (C=O) groups excluding carboxylic acids is 1. The summed E-state index contributed by atoms with van der Waals surface area (Å²) in [5.74, 6) is -0.450. The van der Waals surface area contributed by atoms with E-state index in [1.165, 1.54) is 0 Å². The Morgan fingerprint density at radius 2 is 2.20 bits per heavy atom. The second-order valence-corrected chi connectivity index (χ2v) is 3.92. The molecule has 1 heterocycles. The minimum Gasteiger partial charge on any atom is -0.428 e. The van der Waals surface area contributed by atoms with Crippen LogP contribution in [0.25, 0.3) is 0 Å². The van der Waals surface area contributed by atoms with Gasteiger partial charge in [0.15, 0.2) is 0 Å². The van der Waals surface area contributed by atoms with Gasteiger partial charge in [0.1, 0.15) is 0 Å². The standard InChI is InChI=1S/C11H13NO3/c1-12(2)6-7-3-4-8-9(5-7)11(14)15-10(8)13/h3-5,11,14H,6H2,1-2H3. The van der Waals surface area contributed by atoms with Gasteiger partial charge >= 0.3 is 5.97 Å². The molecule has 0 aromatic heterocycles. The monoisotopic (exact) mass is 207 g/mol. The predicted molar refractivity (Wildman–Crippen MR) is 54.2 cm³/mol. The third-order valence-electron chi connectivity index (χ3n) is 2.32. The molecule has 15 heavy (non-hydrogen) atoms. The molecule has 0 amide bonds. The van der Waals surface area contributed by atoms with Crippen molar-refractivity contribution in [2.24, 2.45) is 0 Å². The van der Waals surface area contributed by atoms with Crippen molar-refractivity contribution in [3.63, 3.8) is 0 Å². The van der Waals surface area contributed by atoms with E-state index in [-0.39, 0.29) is 0 Å². The van der Waals surface area contributed by atoms with Crippen LogP contribution in [0.1, 0.15) is 27.8 Å². The Labute approximate surface area is 88.1 Å². The minimum absolute atomic E-state index is 0.450. The molecule has 2 rings (SSSR count). The number of cyclic esters (lactones) is 1. The SMILES string of the molecule is CN(C)Cc1ccc2c(c1)C(O)OC2=O. The molecule has 0 saturated heterocycles. The fourth-order valence-electron chi connectivity index (χ4n) is 1.69. The highest BCUT2D eigenvalue weighted by Gasteiger charge is 2.29. The number of esters is 1. The highest BCUT2D eigenvalue weighted by molar-refractivity contribution is 5.93. The van der Waals surface area contributed by atoms with E-state index in [0.717, 1.165) is 12.1 Å². The highest BCUT2D eigenvalue weighted by Crippen LogP contribution is 2.29. The third-order valence-corrected chi connectivity index (χ3v) is 2.32. The number of aliphatic hydroxyl groups excluding tert-OH is 1. The van der Waals surface area contributed by atoms with Gasteiger partial charge in [0, 0.05) is 12.1 Å². The second-order valence-electron chi connectivity index (χ2n) is 3.92. The van der Waals surface area contributed by atoms with Crippen molar-refractivity contribution < 1.29 is 14.6 Å². The molecule has 1 aliphatic heterocycles. The summed E-state index contributed by atoms with van der Waals surface area (Å²) in [4.78, 5) is 13.2. The Bertz CT molecular complexity index is 401. The molecule has 1 aliphatic rings. The summed E-state index contributed by atoms with van der Waals surface area (Å²) in [7, 11) is 3.93. The van der Waals surface area contributed by atoms with Crippen molar-refractivity contribution >= 4 is 5.97 Å². The van der Waals surface area contributed by atoms with Crippen LogP contribution in [0.2, 0.25) is 0 Å². The second kappa shape index (κ2) is 3.64. The fraction of sp³-hybridized carbons (Fsp3) is 0.364. The number of carbonyl (C=O) groups is 1. The first-order valence-corrected chi connectivity index (χ1v) is 4.74. The zero-order valence-corrected chi connectivity index (χ0v) is 8.73. The first kappa shape index (κ1) is 10.1.